The Morgan fingerprint density at radius 2 is 2.15 bits per heavy atom. The first-order valence-corrected chi connectivity index (χ1v) is 8.98. The Morgan fingerprint density at radius 1 is 1.38 bits per heavy atom. The third-order valence-corrected chi connectivity index (χ3v) is 5.24. The summed E-state index contributed by atoms with van der Waals surface area (Å²) in [6, 6.07) is 1.94. The van der Waals surface area contributed by atoms with Gasteiger partial charge in [0.15, 0.2) is 0 Å². The average Bonchev–Trinajstić information content (AvgIpc) is 3.20. The third-order valence-electron chi connectivity index (χ3n) is 4.15. The molecule has 9 nitrogen and oxygen atoms in total. The molecule has 4 heterocycles. The van der Waals surface area contributed by atoms with Gasteiger partial charge in [-0.05, 0) is 25.5 Å². The van der Waals surface area contributed by atoms with Gasteiger partial charge in [-0.15, -0.1) is 16.3 Å². The zero-order valence-corrected chi connectivity index (χ0v) is 15.2. The maximum absolute atomic E-state index is 12.6. The molecule has 1 aliphatic rings. The number of fused-ring (bicyclic) bond motifs is 1. The summed E-state index contributed by atoms with van der Waals surface area (Å²) in [5.74, 6) is -0.341. The molecule has 3 aromatic rings. The molecule has 0 unspecified atom stereocenters. The van der Waals surface area contributed by atoms with Gasteiger partial charge in [0.25, 0.3) is 6.20 Å². The summed E-state index contributed by atoms with van der Waals surface area (Å²) in [6.45, 7) is 6.49. The maximum Gasteiger partial charge on any atom is 0.324 e. The number of ether oxygens (including phenoxy) is 1. The number of nitrogen functional groups attached to an aromatic ring is 1. The lowest BCUT2D eigenvalue weighted by atomic mass is 10.1. The highest BCUT2D eigenvalue weighted by molar-refractivity contribution is 7.21. The molecule has 0 bridgehead atoms. The fourth-order valence-corrected chi connectivity index (χ4v) is 4.05. The van der Waals surface area contributed by atoms with Gasteiger partial charge in [0, 0.05) is 17.0 Å². The molecule has 2 N–H and O–H groups in total. The van der Waals surface area contributed by atoms with Crippen molar-refractivity contribution in [3.8, 4) is 0 Å². The largest absolute Gasteiger partial charge is 0.857 e. The number of aryl methyl sites for hydroxylation is 2. The number of nitrogens with zero attached hydrogens (tertiary/aromatic N) is 5. The molecule has 136 valence electrons. The van der Waals surface area contributed by atoms with E-state index in [2.05, 4.69) is 15.2 Å². The molecule has 0 spiro atoms. The lowest BCUT2D eigenvalue weighted by Crippen LogP contribution is -2.62. The molecule has 0 aliphatic carbocycles. The Balaban J connectivity index is 1.66. The Bertz CT molecular complexity index is 989. The van der Waals surface area contributed by atoms with E-state index in [9.17, 15) is 5.11 Å². The number of thiophene rings is 1. The van der Waals surface area contributed by atoms with Gasteiger partial charge in [-0.1, -0.05) is 0 Å². The molecular formula is C16H18N6O3S. The second kappa shape index (κ2) is 6.54. The summed E-state index contributed by atoms with van der Waals surface area (Å²) in [6.07, 6.45) is 1.57. The van der Waals surface area contributed by atoms with Crippen molar-refractivity contribution in [2.75, 3.05) is 37.0 Å². The fraction of sp³-hybridized carbons (Fsp3) is 0.375. The second-order valence-corrected chi connectivity index (χ2v) is 7.05. The van der Waals surface area contributed by atoms with Crippen LogP contribution in [0.5, 0.6) is 0 Å². The van der Waals surface area contributed by atoms with Crippen LogP contribution in [0.2, 0.25) is 0 Å². The van der Waals surface area contributed by atoms with Crippen molar-refractivity contribution >= 4 is 39.0 Å². The summed E-state index contributed by atoms with van der Waals surface area (Å²) in [5.41, 5.74) is 8.46. The summed E-state index contributed by atoms with van der Waals surface area (Å²) in [5, 5.41) is 19.2. The highest BCUT2D eigenvalue weighted by Gasteiger charge is 2.23. The summed E-state index contributed by atoms with van der Waals surface area (Å²) in [7, 11) is 0. The van der Waals surface area contributed by atoms with Gasteiger partial charge in [-0.25, -0.2) is 9.98 Å². The van der Waals surface area contributed by atoms with Crippen LogP contribution in [0.1, 0.15) is 16.1 Å². The van der Waals surface area contributed by atoms with E-state index >= 15 is 0 Å². The predicted octanol–water partition coefficient (Wildman–Crippen LogP) is 0.178. The van der Waals surface area contributed by atoms with Crippen LogP contribution in [-0.2, 0) is 4.74 Å². The van der Waals surface area contributed by atoms with Crippen molar-refractivity contribution in [1.82, 2.24) is 10.3 Å². The van der Waals surface area contributed by atoms with Crippen LogP contribution in [0, 0.1) is 13.8 Å². The molecule has 0 aromatic carbocycles. The van der Waals surface area contributed by atoms with Crippen LogP contribution >= 0.6 is 11.3 Å². The van der Waals surface area contributed by atoms with Crippen molar-refractivity contribution in [3.05, 3.63) is 28.4 Å². The SMILES string of the molecule is Cc1cc(C)c2c(N)c(/C([O-])=N/c3c[n+](N4CCOCC4)no3)sc2n1. The molecular weight excluding hydrogens is 356 g/mol. The van der Waals surface area contributed by atoms with Gasteiger partial charge in [0.2, 0.25) is 5.27 Å². The average molecular weight is 374 g/mol. The van der Waals surface area contributed by atoms with Crippen molar-refractivity contribution in [2.45, 2.75) is 13.8 Å². The standard InChI is InChI=1S/C16H18N6O3S/c1-9-7-10(2)18-16-12(9)13(17)14(26-16)15(23)19-11-8-22(20-25-11)21-3-5-24-6-4-21/h7-8H,3-6H2,1-2H3,(H2-,17,19,20,23). The van der Waals surface area contributed by atoms with E-state index in [-0.39, 0.29) is 5.88 Å². The number of pyridine rings is 1. The van der Waals surface area contributed by atoms with Gasteiger partial charge in [0.1, 0.15) is 4.83 Å². The van der Waals surface area contributed by atoms with E-state index in [1.165, 1.54) is 16.1 Å². The molecule has 3 aromatic heterocycles. The van der Waals surface area contributed by atoms with Gasteiger partial charge >= 0.3 is 5.88 Å². The van der Waals surface area contributed by atoms with Crippen molar-refractivity contribution < 1.29 is 19.2 Å². The summed E-state index contributed by atoms with van der Waals surface area (Å²) < 4.78 is 10.5. The highest BCUT2D eigenvalue weighted by atomic mass is 32.1. The normalized spacial score (nSPS) is 15.8. The topological polar surface area (TPSA) is 117 Å². The summed E-state index contributed by atoms with van der Waals surface area (Å²) >= 11 is 1.24. The lowest BCUT2D eigenvalue weighted by Gasteiger charge is -2.18. The second-order valence-electron chi connectivity index (χ2n) is 6.05. The Kier molecular flexibility index (Phi) is 4.21. The number of aromatic nitrogens is 3. The first kappa shape index (κ1) is 16.7. The van der Waals surface area contributed by atoms with Crippen molar-refractivity contribution in [1.29, 1.82) is 0 Å². The highest BCUT2D eigenvalue weighted by Crippen LogP contribution is 2.35. The number of rotatable bonds is 3. The van der Waals surface area contributed by atoms with Crippen LogP contribution in [-0.4, -0.2) is 42.5 Å². The van der Waals surface area contributed by atoms with Crippen molar-refractivity contribution in [3.63, 3.8) is 0 Å². The minimum Gasteiger partial charge on any atom is -0.857 e. The van der Waals surface area contributed by atoms with Crippen molar-refractivity contribution in [2.24, 2.45) is 4.99 Å². The quantitative estimate of drug-likeness (QED) is 0.395. The van der Waals surface area contributed by atoms with Gasteiger partial charge in [-0.2, -0.15) is 0 Å². The third kappa shape index (κ3) is 2.97. The smallest absolute Gasteiger partial charge is 0.324 e. The predicted molar refractivity (Wildman–Crippen MR) is 95.2 cm³/mol. The molecule has 10 heteroatoms. The van der Waals surface area contributed by atoms with Gasteiger partial charge < -0.3 is 15.6 Å². The van der Waals surface area contributed by atoms with Gasteiger partial charge in [-0.3, -0.25) is 4.52 Å². The number of hydrogen-bond donors (Lipinski definition) is 1. The monoisotopic (exact) mass is 374 g/mol. The van der Waals surface area contributed by atoms with Crippen LogP contribution in [0.15, 0.2) is 21.8 Å². The Hall–Kier alpha value is -2.72. The van der Waals surface area contributed by atoms with Gasteiger partial charge in [0.05, 0.1) is 41.7 Å². The summed E-state index contributed by atoms with van der Waals surface area (Å²) in [4.78, 5) is 11.1. The number of morpholine rings is 1. The molecule has 0 amide bonds. The molecule has 26 heavy (non-hydrogen) atoms. The fourth-order valence-electron chi connectivity index (χ4n) is 2.95. The number of aliphatic imine (C=N–C) groups is 1. The number of nitrogens with two attached hydrogens (primary N) is 1. The molecule has 0 radical (unpaired) electrons. The van der Waals surface area contributed by atoms with Crippen LogP contribution < -0.4 is 20.6 Å². The molecule has 4 rings (SSSR count). The first-order chi connectivity index (χ1) is 12.5. The van der Waals surface area contributed by atoms with Crippen LogP contribution in [0.25, 0.3) is 10.2 Å². The Morgan fingerprint density at radius 3 is 2.92 bits per heavy atom. The van der Waals surface area contributed by atoms with E-state index in [1.54, 1.807) is 6.20 Å². The minimum atomic E-state index is -0.465. The van der Waals surface area contributed by atoms with E-state index in [1.807, 2.05) is 24.9 Å². The van der Waals surface area contributed by atoms with Crippen LogP contribution in [0.3, 0.4) is 0 Å². The van der Waals surface area contributed by atoms with E-state index < -0.39 is 5.90 Å². The molecule has 1 saturated heterocycles. The zero-order chi connectivity index (χ0) is 18.3. The van der Waals surface area contributed by atoms with Crippen LogP contribution in [0.4, 0.5) is 11.6 Å². The van der Waals surface area contributed by atoms with E-state index in [0.717, 1.165) is 21.5 Å². The number of anilines is 1. The first-order valence-electron chi connectivity index (χ1n) is 8.17. The maximum atomic E-state index is 12.6. The molecule has 1 aliphatic heterocycles. The molecule has 0 atom stereocenters. The Labute approximate surface area is 153 Å². The molecule has 1 fully saturated rings. The lowest BCUT2D eigenvalue weighted by molar-refractivity contribution is -0.759. The number of hydrogen-bond acceptors (Lipinski definition) is 9. The zero-order valence-electron chi connectivity index (χ0n) is 14.4. The van der Waals surface area contributed by atoms with E-state index in [4.69, 9.17) is 15.0 Å². The van der Waals surface area contributed by atoms with E-state index in [0.29, 0.717) is 36.9 Å². The minimum absolute atomic E-state index is 0.124. The molecule has 0 saturated carbocycles.